The molecule has 24 heavy (non-hydrogen) atoms. The Morgan fingerprint density at radius 3 is 2.50 bits per heavy atom. The van der Waals surface area contributed by atoms with Gasteiger partial charge < -0.3 is 9.84 Å². The van der Waals surface area contributed by atoms with Gasteiger partial charge >= 0.3 is 6.03 Å². The number of urea groups is 1. The van der Waals surface area contributed by atoms with Crippen LogP contribution in [0.3, 0.4) is 0 Å². The molecule has 1 aliphatic carbocycles. The number of aromatic nitrogens is 2. The third kappa shape index (κ3) is 2.19. The second-order valence-electron chi connectivity index (χ2n) is 6.73. The van der Waals surface area contributed by atoms with Crippen molar-refractivity contribution < 1.29 is 14.1 Å². The van der Waals surface area contributed by atoms with E-state index >= 15 is 0 Å². The molecule has 2 heterocycles. The number of rotatable bonds is 3. The average molecular weight is 326 g/mol. The van der Waals surface area contributed by atoms with Crippen molar-refractivity contribution in [1.29, 1.82) is 0 Å². The number of benzene rings is 1. The number of nitrogens with one attached hydrogen (secondary N) is 1. The average Bonchev–Trinajstić information content (AvgIpc) is 3.21. The molecule has 124 valence electrons. The van der Waals surface area contributed by atoms with E-state index < -0.39 is 11.6 Å². The largest absolute Gasteiger partial charge is 0.337 e. The summed E-state index contributed by atoms with van der Waals surface area (Å²) in [6.07, 6.45) is 1.04. The number of hydrogen-bond acceptors (Lipinski definition) is 5. The number of carbonyl (C=O) groups excluding carboxylic acids is 2. The van der Waals surface area contributed by atoms with Crippen molar-refractivity contribution in [2.45, 2.75) is 44.7 Å². The van der Waals surface area contributed by atoms with Gasteiger partial charge in [0.15, 0.2) is 5.82 Å². The van der Waals surface area contributed by atoms with Gasteiger partial charge in [-0.15, -0.1) is 0 Å². The fourth-order valence-corrected chi connectivity index (χ4v) is 3.38. The van der Waals surface area contributed by atoms with Crippen LogP contribution in [0.15, 0.2) is 28.8 Å². The van der Waals surface area contributed by atoms with E-state index in [0.717, 1.165) is 11.1 Å². The maximum atomic E-state index is 12.9. The molecule has 7 nitrogen and oxygen atoms in total. The van der Waals surface area contributed by atoms with E-state index in [0.29, 0.717) is 18.7 Å². The molecule has 1 saturated heterocycles. The Kier molecular flexibility index (Phi) is 3.19. The molecular weight excluding hydrogens is 308 g/mol. The lowest BCUT2D eigenvalue weighted by molar-refractivity contribution is -0.131. The van der Waals surface area contributed by atoms with Crippen molar-refractivity contribution >= 4 is 11.9 Å². The van der Waals surface area contributed by atoms with Gasteiger partial charge in [0.2, 0.25) is 5.89 Å². The molecule has 2 aromatic rings. The molecule has 7 heteroatoms. The van der Waals surface area contributed by atoms with Gasteiger partial charge in [-0.25, -0.2) is 4.79 Å². The molecule has 0 atom stereocenters. The third-order valence-corrected chi connectivity index (χ3v) is 4.64. The van der Waals surface area contributed by atoms with Crippen LogP contribution in [0.1, 0.15) is 42.6 Å². The van der Waals surface area contributed by atoms with E-state index in [1.165, 1.54) is 4.90 Å². The van der Waals surface area contributed by atoms with Gasteiger partial charge in [-0.3, -0.25) is 9.69 Å². The Morgan fingerprint density at radius 1 is 1.25 bits per heavy atom. The summed E-state index contributed by atoms with van der Waals surface area (Å²) in [6, 6.07) is 7.49. The van der Waals surface area contributed by atoms with Crippen molar-refractivity contribution in [2.24, 2.45) is 0 Å². The summed E-state index contributed by atoms with van der Waals surface area (Å²) in [6.45, 7) is 3.91. The van der Waals surface area contributed by atoms with Gasteiger partial charge in [0.1, 0.15) is 12.1 Å². The highest BCUT2D eigenvalue weighted by molar-refractivity contribution is 6.07. The van der Waals surface area contributed by atoms with Gasteiger partial charge in [-0.2, -0.15) is 4.98 Å². The number of amides is 3. The van der Waals surface area contributed by atoms with E-state index in [1.54, 1.807) is 0 Å². The summed E-state index contributed by atoms with van der Waals surface area (Å²) >= 11 is 0. The normalized spacial score (nSPS) is 18.5. The summed E-state index contributed by atoms with van der Waals surface area (Å²) in [5.74, 6) is 0.740. The van der Waals surface area contributed by atoms with E-state index in [2.05, 4.69) is 15.5 Å². The molecule has 0 radical (unpaired) electrons. The van der Waals surface area contributed by atoms with Gasteiger partial charge in [0, 0.05) is 18.8 Å². The van der Waals surface area contributed by atoms with Gasteiger partial charge in [-0.1, -0.05) is 43.3 Å². The van der Waals surface area contributed by atoms with Crippen LogP contribution >= 0.6 is 0 Å². The van der Waals surface area contributed by atoms with Crippen molar-refractivity contribution in [2.75, 3.05) is 0 Å². The Hall–Kier alpha value is -2.70. The van der Waals surface area contributed by atoms with Crippen LogP contribution in [0.5, 0.6) is 0 Å². The molecule has 1 aromatic carbocycles. The third-order valence-electron chi connectivity index (χ3n) is 4.64. The lowest BCUT2D eigenvalue weighted by atomic mass is 9.96. The highest BCUT2D eigenvalue weighted by Gasteiger charge is 2.54. The summed E-state index contributed by atoms with van der Waals surface area (Å²) in [4.78, 5) is 30.7. The lowest BCUT2D eigenvalue weighted by Crippen LogP contribution is -2.47. The van der Waals surface area contributed by atoms with Crippen LogP contribution in [0, 0.1) is 0 Å². The Bertz CT molecular complexity index is 802. The summed E-state index contributed by atoms with van der Waals surface area (Å²) in [5.41, 5.74) is 1.34. The molecular formula is C17H18N4O3. The fourth-order valence-electron chi connectivity index (χ4n) is 3.38. The zero-order valence-electron chi connectivity index (χ0n) is 13.6. The van der Waals surface area contributed by atoms with Crippen LogP contribution in [0.2, 0.25) is 0 Å². The Morgan fingerprint density at radius 2 is 1.92 bits per heavy atom. The first-order valence-corrected chi connectivity index (χ1v) is 8.02. The quantitative estimate of drug-likeness (QED) is 0.869. The summed E-state index contributed by atoms with van der Waals surface area (Å²) in [5, 5.41) is 6.75. The standard InChI is InChI=1S/C17H18N4O3/c1-10(2)14-18-13(24-20-14)9-21-15(22)17(19-16(21)23)7-11-5-3-4-6-12(11)8-17/h3-6,10H,7-9H2,1-2H3,(H,19,23). The van der Waals surface area contributed by atoms with Crippen molar-refractivity contribution in [1.82, 2.24) is 20.4 Å². The van der Waals surface area contributed by atoms with Gasteiger partial charge in [-0.05, 0) is 11.1 Å². The number of imide groups is 1. The Balaban J connectivity index is 1.56. The zero-order chi connectivity index (χ0) is 16.9. The van der Waals surface area contributed by atoms with Crippen LogP contribution in [0.4, 0.5) is 4.79 Å². The molecule has 1 fully saturated rings. The molecule has 3 amide bonds. The van der Waals surface area contributed by atoms with Crippen molar-refractivity contribution in [3.63, 3.8) is 0 Å². The number of nitrogens with zero attached hydrogens (tertiary/aromatic N) is 3. The summed E-state index contributed by atoms with van der Waals surface area (Å²) < 4.78 is 5.16. The fraction of sp³-hybridized carbons (Fsp3) is 0.412. The van der Waals surface area contributed by atoms with Crippen LogP contribution < -0.4 is 5.32 Å². The second kappa shape index (κ2) is 5.15. The van der Waals surface area contributed by atoms with E-state index in [9.17, 15) is 9.59 Å². The maximum absolute atomic E-state index is 12.9. The Labute approximate surface area is 139 Å². The zero-order valence-corrected chi connectivity index (χ0v) is 13.6. The highest BCUT2D eigenvalue weighted by Crippen LogP contribution is 2.35. The number of carbonyl (C=O) groups is 2. The van der Waals surface area contributed by atoms with Crippen LogP contribution in [-0.2, 0) is 24.2 Å². The molecule has 0 saturated carbocycles. The molecule has 2 aliphatic rings. The topological polar surface area (TPSA) is 88.3 Å². The minimum Gasteiger partial charge on any atom is -0.337 e. The molecule has 0 unspecified atom stereocenters. The monoisotopic (exact) mass is 326 g/mol. The van der Waals surface area contributed by atoms with Crippen LogP contribution in [0.25, 0.3) is 0 Å². The first-order chi connectivity index (χ1) is 11.5. The van der Waals surface area contributed by atoms with E-state index in [-0.39, 0.29) is 24.3 Å². The minimum absolute atomic E-state index is 0.00246. The van der Waals surface area contributed by atoms with Crippen molar-refractivity contribution in [3.05, 3.63) is 47.1 Å². The molecule has 1 spiro atoms. The van der Waals surface area contributed by atoms with Gasteiger partial charge in [0.05, 0.1) is 0 Å². The summed E-state index contributed by atoms with van der Waals surface area (Å²) in [7, 11) is 0. The number of fused-ring (bicyclic) bond motifs is 1. The predicted octanol–water partition coefficient (Wildman–Crippen LogP) is 1.78. The van der Waals surface area contributed by atoms with Gasteiger partial charge in [0.25, 0.3) is 5.91 Å². The second-order valence-corrected chi connectivity index (χ2v) is 6.73. The molecule has 4 rings (SSSR count). The smallest absolute Gasteiger partial charge is 0.325 e. The first-order valence-electron chi connectivity index (χ1n) is 8.02. The molecule has 1 aliphatic heterocycles. The molecule has 0 bridgehead atoms. The molecule has 1 N–H and O–H groups in total. The predicted molar refractivity (Wildman–Crippen MR) is 84.0 cm³/mol. The first kappa shape index (κ1) is 14.9. The van der Waals surface area contributed by atoms with E-state index in [4.69, 9.17) is 4.52 Å². The number of hydrogen-bond donors (Lipinski definition) is 1. The minimum atomic E-state index is -0.873. The highest BCUT2D eigenvalue weighted by atomic mass is 16.5. The molecule has 1 aromatic heterocycles. The van der Waals surface area contributed by atoms with Crippen LogP contribution in [-0.4, -0.2) is 32.5 Å². The van der Waals surface area contributed by atoms with E-state index in [1.807, 2.05) is 38.1 Å². The van der Waals surface area contributed by atoms with Crippen molar-refractivity contribution in [3.8, 4) is 0 Å². The maximum Gasteiger partial charge on any atom is 0.325 e. The lowest BCUT2D eigenvalue weighted by Gasteiger charge is -2.19. The SMILES string of the molecule is CC(C)c1noc(CN2C(=O)NC3(Cc4ccccc4C3)C2=O)n1.